The van der Waals surface area contributed by atoms with Gasteiger partial charge in [-0.15, -0.1) is 0 Å². The molecule has 10 heteroatoms. The standard InChI is InChI=1S/C11H7FN4O5/c12-7-5-6(1-2-8(7)15(17)18)21-9-3-4-14-11(13)10(9)16(19)20/h1-5H,(H2,13,14). The maximum atomic E-state index is 13.4. The van der Waals surface area contributed by atoms with Crippen molar-refractivity contribution in [2.24, 2.45) is 0 Å². The first-order valence-corrected chi connectivity index (χ1v) is 5.41. The van der Waals surface area contributed by atoms with Gasteiger partial charge in [-0.3, -0.25) is 20.2 Å². The second-order valence-electron chi connectivity index (χ2n) is 3.77. The van der Waals surface area contributed by atoms with Crippen molar-refractivity contribution in [1.82, 2.24) is 4.98 Å². The van der Waals surface area contributed by atoms with E-state index in [9.17, 15) is 24.6 Å². The van der Waals surface area contributed by atoms with Gasteiger partial charge in [0.2, 0.25) is 17.4 Å². The molecule has 2 aromatic rings. The van der Waals surface area contributed by atoms with Gasteiger partial charge in [-0.05, 0) is 6.07 Å². The minimum atomic E-state index is -1.12. The Balaban J connectivity index is 2.39. The molecule has 21 heavy (non-hydrogen) atoms. The van der Waals surface area contributed by atoms with Crippen LogP contribution in [0.2, 0.25) is 0 Å². The van der Waals surface area contributed by atoms with Gasteiger partial charge in [0.05, 0.1) is 9.85 Å². The minimum absolute atomic E-state index is 0.146. The molecule has 1 aromatic heterocycles. The first-order chi connectivity index (χ1) is 9.90. The first kappa shape index (κ1) is 14.1. The topological polar surface area (TPSA) is 134 Å². The van der Waals surface area contributed by atoms with E-state index >= 15 is 0 Å². The van der Waals surface area contributed by atoms with E-state index in [0.717, 1.165) is 18.2 Å². The molecule has 1 heterocycles. The number of hydrogen-bond acceptors (Lipinski definition) is 7. The smallest absolute Gasteiger partial charge is 0.353 e. The maximum Gasteiger partial charge on any atom is 0.353 e. The number of nitrogens with zero attached hydrogens (tertiary/aromatic N) is 3. The van der Waals surface area contributed by atoms with Crippen molar-refractivity contribution in [3.63, 3.8) is 0 Å². The van der Waals surface area contributed by atoms with Crippen molar-refractivity contribution in [1.29, 1.82) is 0 Å². The van der Waals surface area contributed by atoms with Crippen LogP contribution in [-0.4, -0.2) is 14.8 Å². The van der Waals surface area contributed by atoms with Gasteiger partial charge in [0.15, 0.2) is 0 Å². The van der Waals surface area contributed by atoms with Crippen LogP contribution in [0, 0.1) is 26.0 Å². The molecule has 0 aliphatic heterocycles. The summed E-state index contributed by atoms with van der Waals surface area (Å²) < 4.78 is 18.6. The van der Waals surface area contributed by atoms with Gasteiger partial charge < -0.3 is 10.5 Å². The highest BCUT2D eigenvalue weighted by atomic mass is 19.1. The molecule has 0 unspecified atom stereocenters. The quantitative estimate of drug-likeness (QED) is 0.675. The lowest BCUT2D eigenvalue weighted by atomic mass is 10.3. The van der Waals surface area contributed by atoms with E-state index in [4.69, 9.17) is 10.5 Å². The van der Waals surface area contributed by atoms with Crippen LogP contribution < -0.4 is 10.5 Å². The van der Waals surface area contributed by atoms with Gasteiger partial charge >= 0.3 is 11.4 Å². The highest BCUT2D eigenvalue weighted by molar-refractivity contribution is 5.62. The molecule has 108 valence electrons. The van der Waals surface area contributed by atoms with E-state index in [-0.39, 0.29) is 17.3 Å². The Hall–Kier alpha value is -3.30. The van der Waals surface area contributed by atoms with Gasteiger partial charge in [-0.2, -0.15) is 4.39 Å². The number of ether oxygens (including phenoxy) is 1. The molecule has 0 saturated carbocycles. The van der Waals surface area contributed by atoms with Gasteiger partial charge in [-0.25, -0.2) is 4.98 Å². The zero-order valence-corrected chi connectivity index (χ0v) is 10.2. The number of nitrogen functional groups attached to an aromatic ring is 1. The molecule has 0 radical (unpaired) electrons. The van der Waals surface area contributed by atoms with E-state index in [1.807, 2.05) is 0 Å². The molecule has 0 spiro atoms. The highest BCUT2D eigenvalue weighted by Crippen LogP contribution is 2.35. The van der Waals surface area contributed by atoms with E-state index in [1.165, 1.54) is 12.3 Å². The second kappa shape index (κ2) is 5.36. The zero-order chi connectivity index (χ0) is 15.6. The van der Waals surface area contributed by atoms with Crippen LogP contribution in [0.25, 0.3) is 0 Å². The molecule has 0 bridgehead atoms. The van der Waals surface area contributed by atoms with Crippen LogP contribution in [0.3, 0.4) is 0 Å². The molecular formula is C11H7FN4O5. The molecule has 0 aliphatic rings. The Morgan fingerprint density at radius 1 is 1.19 bits per heavy atom. The van der Waals surface area contributed by atoms with Crippen LogP contribution in [0.1, 0.15) is 0 Å². The Kier molecular flexibility index (Phi) is 3.61. The van der Waals surface area contributed by atoms with Crippen LogP contribution in [0.15, 0.2) is 30.5 Å². The molecule has 2 N–H and O–H groups in total. The molecule has 9 nitrogen and oxygen atoms in total. The number of pyridine rings is 1. The van der Waals surface area contributed by atoms with Crippen molar-refractivity contribution in [2.45, 2.75) is 0 Å². The SMILES string of the molecule is Nc1nccc(Oc2ccc([N+](=O)[O-])c(F)c2)c1[N+](=O)[O-]. The predicted molar refractivity (Wildman–Crippen MR) is 68.4 cm³/mol. The lowest BCUT2D eigenvalue weighted by Gasteiger charge is -2.07. The predicted octanol–water partition coefficient (Wildman–Crippen LogP) is 2.41. The number of benzene rings is 1. The molecule has 0 fully saturated rings. The number of aromatic nitrogens is 1. The summed E-state index contributed by atoms with van der Waals surface area (Å²) in [5.41, 5.74) is 4.07. The van der Waals surface area contributed by atoms with E-state index in [2.05, 4.69) is 4.98 Å². The van der Waals surface area contributed by atoms with Crippen molar-refractivity contribution in [2.75, 3.05) is 5.73 Å². The zero-order valence-electron chi connectivity index (χ0n) is 10.2. The van der Waals surface area contributed by atoms with Gasteiger partial charge in [0.1, 0.15) is 5.75 Å². The first-order valence-electron chi connectivity index (χ1n) is 5.41. The Morgan fingerprint density at radius 3 is 2.48 bits per heavy atom. The lowest BCUT2D eigenvalue weighted by Crippen LogP contribution is -2.01. The summed E-state index contributed by atoms with van der Waals surface area (Å²) in [4.78, 5) is 23.2. The highest BCUT2D eigenvalue weighted by Gasteiger charge is 2.22. The van der Waals surface area contributed by atoms with Crippen molar-refractivity contribution >= 4 is 17.2 Å². The van der Waals surface area contributed by atoms with E-state index < -0.39 is 27.0 Å². The van der Waals surface area contributed by atoms with Gasteiger partial charge in [-0.1, -0.05) is 0 Å². The number of nitro groups is 2. The van der Waals surface area contributed by atoms with E-state index in [0.29, 0.717) is 0 Å². The normalized spacial score (nSPS) is 10.1. The fourth-order valence-corrected chi connectivity index (χ4v) is 1.54. The molecule has 0 atom stereocenters. The fraction of sp³-hybridized carbons (Fsp3) is 0. The average Bonchev–Trinajstić information content (AvgIpc) is 2.37. The van der Waals surface area contributed by atoms with Crippen LogP contribution in [-0.2, 0) is 0 Å². The average molecular weight is 294 g/mol. The Bertz CT molecular complexity index is 737. The number of anilines is 1. The van der Waals surface area contributed by atoms with Gasteiger partial charge in [0.25, 0.3) is 0 Å². The number of rotatable bonds is 4. The molecule has 1 aromatic carbocycles. The number of nitro benzene ring substituents is 1. The summed E-state index contributed by atoms with van der Waals surface area (Å²) >= 11 is 0. The van der Waals surface area contributed by atoms with Crippen LogP contribution >= 0.6 is 0 Å². The van der Waals surface area contributed by atoms with Crippen LogP contribution in [0.4, 0.5) is 21.6 Å². The van der Waals surface area contributed by atoms with Crippen molar-refractivity contribution in [3.05, 3.63) is 56.5 Å². The Labute approximate surface area is 116 Å². The second-order valence-corrected chi connectivity index (χ2v) is 3.77. The largest absolute Gasteiger partial charge is 0.450 e. The van der Waals surface area contributed by atoms with Crippen molar-refractivity contribution in [3.8, 4) is 11.5 Å². The summed E-state index contributed by atoms with van der Waals surface area (Å²) in [6, 6.07) is 3.93. The monoisotopic (exact) mass is 294 g/mol. The Morgan fingerprint density at radius 2 is 1.90 bits per heavy atom. The van der Waals surface area contributed by atoms with Gasteiger partial charge in [0, 0.05) is 24.4 Å². The summed E-state index contributed by atoms with van der Waals surface area (Å²) in [7, 11) is 0. The molecule has 0 saturated heterocycles. The molecule has 0 amide bonds. The number of halogens is 1. The summed E-state index contributed by atoms with van der Waals surface area (Å²) in [5, 5.41) is 21.4. The summed E-state index contributed by atoms with van der Waals surface area (Å²) in [5.74, 6) is -1.88. The maximum absolute atomic E-state index is 13.4. The van der Waals surface area contributed by atoms with Crippen molar-refractivity contribution < 1.29 is 19.0 Å². The molecule has 0 aliphatic carbocycles. The van der Waals surface area contributed by atoms with E-state index in [1.54, 1.807) is 0 Å². The number of nitrogens with two attached hydrogens (primary N) is 1. The molecule has 2 rings (SSSR count). The fourth-order valence-electron chi connectivity index (χ4n) is 1.54. The summed E-state index contributed by atoms with van der Waals surface area (Å²) in [6.45, 7) is 0. The summed E-state index contributed by atoms with van der Waals surface area (Å²) in [6.07, 6.45) is 1.18. The minimum Gasteiger partial charge on any atom is -0.450 e. The third-order valence-electron chi connectivity index (χ3n) is 2.44. The third-order valence-corrected chi connectivity index (χ3v) is 2.44. The third kappa shape index (κ3) is 2.83. The molecular weight excluding hydrogens is 287 g/mol. The van der Waals surface area contributed by atoms with Crippen LogP contribution in [0.5, 0.6) is 11.5 Å². The number of hydrogen-bond donors (Lipinski definition) is 1. The lowest BCUT2D eigenvalue weighted by molar-refractivity contribution is -0.387.